The lowest BCUT2D eigenvalue weighted by atomic mass is 9.81. The number of nitrogens with one attached hydrogen (secondary N) is 2. The average molecular weight is 333 g/mol. The standard InChI is InChI=1S/C13H23N3O5S/c1-2-22(20,21)15-7-6-14-12(19)16-8-10-4-3-5-13(10,9-16)11(17)18/h10,15H,2-9H2,1H3,(H,14,19)(H,17,18)/t10-,13+/m0/s1. The minimum Gasteiger partial charge on any atom is -0.481 e. The van der Waals surface area contributed by atoms with Crippen molar-refractivity contribution in [1.29, 1.82) is 0 Å². The van der Waals surface area contributed by atoms with Crippen LogP contribution >= 0.6 is 0 Å². The Morgan fingerprint density at radius 2 is 2.09 bits per heavy atom. The van der Waals surface area contributed by atoms with Gasteiger partial charge in [-0.3, -0.25) is 4.79 Å². The summed E-state index contributed by atoms with van der Waals surface area (Å²) >= 11 is 0. The van der Waals surface area contributed by atoms with Crippen LogP contribution in [0, 0.1) is 11.3 Å². The molecule has 0 aromatic rings. The predicted octanol–water partition coefficient (Wildman–Crippen LogP) is -0.178. The van der Waals surface area contributed by atoms with Gasteiger partial charge in [-0.2, -0.15) is 0 Å². The van der Waals surface area contributed by atoms with Gasteiger partial charge in [-0.15, -0.1) is 0 Å². The van der Waals surface area contributed by atoms with Crippen molar-refractivity contribution < 1.29 is 23.1 Å². The van der Waals surface area contributed by atoms with E-state index in [1.54, 1.807) is 0 Å². The van der Waals surface area contributed by atoms with Crippen LogP contribution in [0.1, 0.15) is 26.2 Å². The molecule has 0 radical (unpaired) electrons. The number of fused-ring (bicyclic) bond motifs is 1. The molecule has 0 spiro atoms. The number of carbonyl (C=O) groups is 2. The summed E-state index contributed by atoms with van der Waals surface area (Å²) in [6.45, 7) is 2.54. The molecule has 2 aliphatic rings. The second kappa shape index (κ2) is 6.41. The Kier molecular flexibility index (Phi) is 4.96. The third-order valence-corrected chi connectivity index (χ3v) is 6.09. The number of carboxylic acid groups (broad SMARTS) is 1. The van der Waals surface area contributed by atoms with Crippen LogP contribution < -0.4 is 10.0 Å². The van der Waals surface area contributed by atoms with Gasteiger partial charge in [0.25, 0.3) is 0 Å². The van der Waals surface area contributed by atoms with Crippen LogP contribution in [-0.4, -0.2) is 62.4 Å². The minimum atomic E-state index is -3.26. The van der Waals surface area contributed by atoms with Crippen molar-refractivity contribution in [2.24, 2.45) is 11.3 Å². The molecule has 2 fully saturated rings. The number of hydrogen-bond acceptors (Lipinski definition) is 4. The van der Waals surface area contributed by atoms with Gasteiger partial charge in [0.15, 0.2) is 0 Å². The molecule has 1 heterocycles. The summed E-state index contributed by atoms with van der Waals surface area (Å²) in [5.74, 6) is -0.800. The van der Waals surface area contributed by atoms with E-state index < -0.39 is 21.4 Å². The Hall–Kier alpha value is -1.35. The predicted molar refractivity (Wildman–Crippen MR) is 79.8 cm³/mol. The van der Waals surface area contributed by atoms with E-state index in [0.717, 1.165) is 12.8 Å². The fourth-order valence-corrected chi connectivity index (χ4v) is 4.00. The van der Waals surface area contributed by atoms with Crippen molar-refractivity contribution in [2.75, 3.05) is 31.9 Å². The van der Waals surface area contributed by atoms with Gasteiger partial charge in [0.2, 0.25) is 10.0 Å². The van der Waals surface area contributed by atoms with E-state index in [-0.39, 0.29) is 37.3 Å². The number of sulfonamides is 1. The molecule has 2 amide bonds. The summed E-state index contributed by atoms with van der Waals surface area (Å²) < 4.78 is 24.9. The van der Waals surface area contributed by atoms with Gasteiger partial charge in [0.05, 0.1) is 11.2 Å². The Morgan fingerprint density at radius 3 is 2.68 bits per heavy atom. The summed E-state index contributed by atoms with van der Waals surface area (Å²) in [6.07, 6.45) is 2.35. The molecule has 0 aromatic heterocycles. The van der Waals surface area contributed by atoms with Crippen LogP contribution in [0.2, 0.25) is 0 Å². The lowest BCUT2D eigenvalue weighted by Crippen LogP contribution is -2.44. The van der Waals surface area contributed by atoms with Crippen LogP contribution in [-0.2, 0) is 14.8 Å². The molecular weight excluding hydrogens is 310 g/mol. The van der Waals surface area contributed by atoms with Gasteiger partial charge < -0.3 is 15.3 Å². The smallest absolute Gasteiger partial charge is 0.317 e. The van der Waals surface area contributed by atoms with E-state index in [2.05, 4.69) is 10.0 Å². The Morgan fingerprint density at radius 1 is 1.36 bits per heavy atom. The fraction of sp³-hybridized carbons (Fsp3) is 0.846. The van der Waals surface area contributed by atoms with Gasteiger partial charge in [0.1, 0.15) is 0 Å². The molecule has 0 unspecified atom stereocenters. The zero-order valence-corrected chi connectivity index (χ0v) is 13.5. The lowest BCUT2D eigenvalue weighted by Gasteiger charge is -2.23. The number of carbonyl (C=O) groups excluding carboxylic acids is 1. The Balaban J connectivity index is 1.81. The summed E-state index contributed by atoms with van der Waals surface area (Å²) in [5, 5.41) is 12.1. The highest BCUT2D eigenvalue weighted by atomic mass is 32.2. The molecule has 3 N–H and O–H groups in total. The highest BCUT2D eigenvalue weighted by Gasteiger charge is 2.55. The van der Waals surface area contributed by atoms with Gasteiger partial charge in [-0.1, -0.05) is 6.42 Å². The molecule has 9 heteroatoms. The van der Waals surface area contributed by atoms with Gasteiger partial charge in [0, 0.05) is 26.2 Å². The third kappa shape index (κ3) is 3.35. The number of amides is 2. The summed E-state index contributed by atoms with van der Waals surface area (Å²) in [6, 6.07) is -0.328. The van der Waals surface area contributed by atoms with Crippen molar-refractivity contribution in [2.45, 2.75) is 26.2 Å². The molecule has 2 atom stereocenters. The zero-order valence-electron chi connectivity index (χ0n) is 12.7. The summed E-state index contributed by atoms with van der Waals surface area (Å²) in [5.41, 5.74) is -0.791. The molecule has 0 bridgehead atoms. The molecule has 126 valence electrons. The number of likely N-dealkylation sites (tertiary alicyclic amines) is 1. The number of nitrogens with zero attached hydrogens (tertiary/aromatic N) is 1. The van der Waals surface area contributed by atoms with Crippen LogP contribution in [0.3, 0.4) is 0 Å². The van der Waals surface area contributed by atoms with Crippen LogP contribution in [0.15, 0.2) is 0 Å². The highest BCUT2D eigenvalue weighted by molar-refractivity contribution is 7.89. The van der Waals surface area contributed by atoms with Crippen LogP contribution in [0.5, 0.6) is 0 Å². The van der Waals surface area contributed by atoms with E-state index in [4.69, 9.17) is 0 Å². The molecule has 22 heavy (non-hydrogen) atoms. The minimum absolute atomic E-state index is 0.00408. The summed E-state index contributed by atoms with van der Waals surface area (Å²) in [4.78, 5) is 25.2. The molecular formula is C13H23N3O5S. The Labute approximate surface area is 130 Å². The maximum Gasteiger partial charge on any atom is 0.317 e. The number of carboxylic acids is 1. The number of aliphatic carboxylic acids is 1. The number of rotatable bonds is 6. The first kappa shape index (κ1) is 17.0. The maximum absolute atomic E-state index is 12.1. The van der Waals surface area contributed by atoms with Crippen molar-refractivity contribution in [1.82, 2.24) is 14.9 Å². The molecule has 1 aliphatic heterocycles. The zero-order chi connectivity index (χ0) is 16.4. The fourth-order valence-electron chi connectivity index (χ4n) is 3.38. The number of urea groups is 1. The van der Waals surface area contributed by atoms with Gasteiger partial charge >= 0.3 is 12.0 Å². The number of hydrogen-bond donors (Lipinski definition) is 3. The van der Waals surface area contributed by atoms with Gasteiger partial charge in [-0.25, -0.2) is 17.9 Å². The summed E-state index contributed by atoms with van der Waals surface area (Å²) in [7, 11) is -3.26. The largest absolute Gasteiger partial charge is 0.481 e. The SMILES string of the molecule is CCS(=O)(=O)NCCNC(=O)N1C[C@@H]2CCC[C@@]2(C(=O)O)C1. The molecule has 2 rings (SSSR count). The first-order valence-corrected chi connectivity index (χ1v) is 9.19. The second-order valence-electron chi connectivity index (χ2n) is 5.96. The quantitative estimate of drug-likeness (QED) is 0.583. The highest BCUT2D eigenvalue weighted by Crippen LogP contribution is 2.48. The van der Waals surface area contributed by atoms with Crippen LogP contribution in [0.25, 0.3) is 0 Å². The van der Waals surface area contributed by atoms with E-state index in [1.807, 2.05) is 0 Å². The monoisotopic (exact) mass is 333 g/mol. The molecule has 8 nitrogen and oxygen atoms in total. The molecule has 1 saturated carbocycles. The molecule has 1 saturated heterocycles. The van der Waals surface area contributed by atoms with Crippen molar-refractivity contribution in [3.05, 3.63) is 0 Å². The average Bonchev–Trinajstić information content (AvgIpc) is 3.01. The molecule has 0 aromatic carbocycles. The first-order chi connectivity index (χ1) is 10.3. The molecule has 1 aliphatic carbocycles. The van der Waals surface area contributed by atoms with Crippen LogP contribution in [0.4, 0.5) is 4.79 Å². The Bertz CT molecular complexity index is 550. The lowest BCUT2D eigenvalue weighted by molar-refractivity contribution is -0.149. The van der Waals surface area contributed by atoms with Crippen molar-refractivity contribution in [3.8, 4) is 0 Å². The van der Waals surface area contributed by atoms with E-state index in [9.17, 15) is 23.1 Å². The van der Waals surface area contributed by atoms with Crippen molar-refractivity contribution >= 4 is 22.0 Å². The maximum atomic E-state index is 12.1. The van der Waals surface area contributed by atoms with Crippen molar-refractivity contribution in [3.63, 3.8) is 0 Å². The topological polar surface area (TPSA) is 116 Å². The van der Waals surface area contributed by atoms with Gasteiger partial charge in [-0.05, 0) is 25.7 Å². The van der Waals surface area contributed by atoms with E-state index in [1.165, 1.54) is 11.8 Å². The van der Waals surface area contributed by atoms with E-state index >= 15 is 0 Å². The third-order valence-electron chi connectivity index (χ3n) is 4.69. The van der Waals surface area contributed by atoms with E-state index in [0.29, 0.717) is 13.0 Å². The first-order valence-electron chi connectivity index (χ1n) is 7.54. The normalized spacial score (nSPS) is 27.7. The second-order valence-corrected chi connectivity index (χ2v) is 8.06.